The Balaban J connectivity index is 2.15. The number of nitriles is 1. The first-order chi connectivity index (χ1) is 9.02. The lowest BCUT2D eigenvalue weighted by Gasteiger charge is -2.08. The van der Waals surface area contributed by atoms with Crippen molar-refractivity contribution >= 4 is 28.9 Å². The predicted molar refractivity (Wildman–Crippen MR) is 76.4 cm³/mol. The van der Waals surface area contributed by atoms with Gasteiger partial charge in [-0.3, -0.25) is 4.68 Å². The summed E-state index contributed by atoms with van der Waals surface area (Å²) in [4.78, 5) is 0. The summed E-state index contributed by atoms with van der Waals surface area (Å²) in [6, 6.07) is 7.23. The van der Waals surface area contributed by atoms with Gasteiger partial charge in [0.15, 0.2) is 0 Å². The second-order valence-corrected chi connectivity index (χ2v) is 4.91. The van der Waals surface area contributed by atoms with Crippen LogP contribution in [0.15, 0.2) is 18.2 Å². The van der Waals surface area contributed by atoms with Gasteiger partial charge in [0.25, 0.3) is 0 Å². The first-order valence-electron chi connectivity index (χ1n) is 5.64. The van der Waals surface area contributed by atoms with Crippen molar-refractivity contribution in [3.63, 3.8) is 0 Å². The van der Waals surface area contributed by atoms with Crippen molar-refractivity contribution in [1.82, 2.24) is 9.78 Å². The van der Waals surface area contributed by atoms with Crippen LogP contribution in [-0.2, 0) is 13.6 Å². The van der Waals surface area contributed by atoms with Gasteiger partial charge in [-0.05, 0) is 25.1 Å². The van der Waals surface area contributed by atoms with Crippen molar-refractivity contribution < 1.29 is 0 Å². The lowest BCUT2D eigenvalue weighted by Crippen LogP contribution is -2.06. The van der Waals surface area contributed by atoms with Gasteiger partial charge >= 0.3 is 0 Å². The van der Waals surface area contributed by atoms with E-state index >= 15 is 0 Å². The molecule has 19 heavy (non-hydrogen) atoms. The monoisotopic (exact) mass is 294 g/mol. The largest absolute Gasteiger partial charge is 0.379 e. The highest BCUT2D eigenvalue weighted by molar-refractivity contribution is 6.32. The number of nitrogens with one attached hydrogen (secondary N) is 1. The molecule has 0 unspecified atom stereocenters. The number of benzene rings is 1. The standard InChI is InChI=1S/C13H12Cl2N4/c1-8-13(15)12(19(2)18-8)7-17-10-4-3-9(6-16)11(14)5-10/h3-5,17H,7H2,1-2H3. The molecule has 0 atom stereocenters. The van der Waals surface area contributed by atoms with Crippen LogP contribution < -0.4 is 5.32 Å². The molecule has 0 fully saturated rings. The van der Waals surface area contributed by atoms with E-state index in [-0.39, 0.29) is 0 Å². The van der Waals surface area contributed by atoms with Gasteiger partial charge in [-0.25, -0.2) is 0 Å². The zero-order valence-electron chi connectivity index (χ0n) is 10.5. The van der Waals surface area contributed by atoms with Crippen molar-refractivity contribution in [1.29, 1.82) is 5.26 Å². The predicted octanol–water partition coefficient (Wildman–Crippen LogP) is 3.52. The van der Waals surface area contributed by atoms with Crippen molar-refractivity contribution in [3.05, 3.63) is 45.2 Å². The molecule has 4 nitrogen and oxygen atoms in total. The maximum atomic E-state index is 8.81. The number of aryl methyl sites for hydroxylation is 2. The number of hydrogen-bond donors (Lipinski definition) is 1. The maximum Gasteiger partial charge on any atom is 0.101 e. The van der Waals surface area contributed by atoms with Gasteiger partial charge in [0.1, 0.15) is 6.07 Å². The lowest BCUT2D eigenvalue weighted by atomic mass is 10.2. The molecule has 0 spiro atoms. The molecule has 2 aromatic rings. The summed E-state index contributed by atoms with van der Waals surface area (Å²) in [6.07, 6.45) is 0. The summed E-state index contributed by atoms with van der Waals surface area (Å²) < 4.78 is 1.75. The summed E-state index contributed by atoms with van der Waals surface area (Å²) >= 11 is 12.1. The summed E-state index contributed by atoms with van der Waals surface area (Å²) in [6.45, 7) is 2.41. The molecule has 2 rings (SSSR count). The Morgan fingerprint density at radius 1 is 1.42 bits per heavy atom. The van der Waals surface area contributed by atoms with E-state index in [1.54, 1.807) is 16.8 Å². The fourth-order valence-electron chi connectivity index (χ4n) is 1.77. The van der Waals surface area contributed by atoms with Gasteiger partial charge in [0.05, 0.1) is 33.5 Å². The zero-order valence-corrected chi connectivity index (χ0v) is 12.0. The highest BCUT2D eigenvalue weighted by Crippen LogP contribution is 2.23. The van der Waals surface area contributed by atoms with Crippen LogP contribution in [0.5, 0.6) is 0 Å². The van der Waals surface area contributed by atoms with Crippen LogP contribution in [0, 0.1) is 18.3 Å². The first kappa shape index (κ1) is 13.7. The van der Waals surface area contributed by atoms with Crippen LogP contribution in [0.1, 0.15) is 17.0 Å². The van der Waals surface area contributed by atoms with Gasteiger partial charge in [-0.2, -0.15) is 10.4 Å². The Morgan fingerprint density at radius 3 is 2.68 bits per heavy atom. The minimum Gasteiger partial charge on any atom is -0.379 e. The van der Waals surface area contributed by atoms with E-state index in [0.29, 0.717) is 22.2 Å². The first-order valence-corrected chi connectivity index (χ1v) is 6.40. The zero-order chi connectivity index (χ0) is 14.0. The number of nitrogens with zero attached hydrogens (tertiary/aromatic N) is 3. The van der Waals surface area contributed by atoms with Gasteiger partial charge in [-0.15, -0.1) is 0 Å². The molecule has 6 heteroatoms. The van der Waals surface area contributed by atoms with Gasteiger partial charge < -0.3 is 5.32 Å². The third kappa shape index (κ3) is 2.83. The van der Waals surface area contributed by atoms with E-state index in [9.17, 15) is 0 Å². The molecular weight excluding hydrogens is 283 g/mol. The molecule has 1 aromatic heterocycles. The van der Waals surface area contributed by atoms with Crippen molar-refractivity contribution in [2.75, 3.05) is 5.32 Å². The molecule has 0 aliphatic carbocycles. The Morgan fingerprint density at radius 2 is 2.16 bits per heavy atom. The maximum absolute atomic E-state index is 8.81. The van der Waals surface area contributed by atoms with Gasteiger partial charge in [-0.1, -0.05) is 23.2 Å². The molecule has 0 amide bonds. The second-order valence-electron chi connectivity index (χ2n) is 4.13. The molecule has 0 saturated heterocycles. The molecule has 1 aromatic carbocycles. The molecule has 1 N–H and O–H groups in total. The average Bonchev–Trinajstić information content (AvgIpc) is 2.61. The van der Waals surface area contributed by atoms with E-state index in [1.807, 2.05) is 26.1 Å². The van der Waals surface area contributed by atoms with Crippen LogP contribution in [0.4, 0.5) is 5.69 Å². The van der Waals surface area contributed by atoms with Crippen LogP contribution in [0.2, 0.25) is 10.0 Å². The third-order valence-electron chi connectivity index (χ3n) is 2.81. The Kier molecular flexibility index (Phi) is 3.98. The number of halogens is 2. The average molecular weight is 295 g/mol. The Labute approximate surface area is 121 Å². The molecule has 1 heterocycles. The topological polar surface area (TPSA) is 53.6 Å². The SMILES string of the molecule is Cc1nn(C)c(CNc2ccc(C#N)c(Cl)c2)c1Cl. The van der Waals surface area contributed by atoms with Crippen LogP contribution in [0.3, 0.4) is 0 Å². The molecule has 0 bridgehead atoms. The summed E-state index contributed by atoms with van der Waals surface area (Å²) in [5, 5.41) is 17.4. The third-order valence-corrected chi connectivity index (χ3v) is 3.62. The Hall–Kier alpha value is -1.70. The van der Waals surface area contributed by atoms with E-state index in [4.69, 9.17) is 28.5 Å². The molecule has 0 aliphatic rings. The van der Waals surface area contributed by atoms with E-state index < -0.39 is 0 Å². The number of rotatable bonds is 3. The molecule has 0 radical (unpaired) electrons. The minimum absolute atomic E-state index is 0.430. The molecule has 0 aliphatic heterocycles. The number of anilines is 1. The van der Waals surface area contributed by atoms with E-state index in [2.05, 4.69) is 10.4 Å². The Bertz CT molecular complexity index is 655. The van der Waals surface area contributed by atoms with Gasteiger partial charge in [0.2, 0.25) is 0 Å². The smallest absolute Gasteiger partial charge is 0.101 e. The van der Waals surface area contributed by atoms with Crippen LogP contribution >= 0.6 is 23.2 Å². The lowest BCUT2D eigenvalue weighted by molar-refractivity contribution is 0.713. The van der Waals surface area contributed by atoms with Crippen LogP contribution in [0.25, 0.3) is 0 Å². The minimum atomic E-state index is 0.430. The quantitative estimate of drug-likeness (QED) is 0.942. The highest BCUT2D eigenvalue weighted by Gasteiger charge is 2.10. The normalized spacial score (nSPS) is 10.3. The summed E-state index contributed by atoms with van der Waals surface area (Å²) in [7, 11) is 1.85. The van der Waals surface area contributed by atoms with Crippen molar-refractivity contribution in [2.45, 2.75) is 13.5 Å². The van der Waals surface area contributed by atoms with E-state index in [0.717, 1.165) is 17.1 Å². The summed E-state index contributed by atoms with van der Waals surface area (Å²) in [5.41, 5.74) is 3.00. The highest BCUT2D eigenvalue weighted by atomic mass is 35.5. The van der Waals surface area contributed by atoms with E-state index in [1.165, 1.54) is 0 Å². The molecule has 0 saturated carbocycles. The van der Waals surface area contributed by atoms with Crippen LogP contribution in [-0.4, -0.2) is 9.78 Å². The fourth-order valence-corrected chi connectivity index (χ4v) is 2.22. The number of aromatic nitrogens is 2. The molecular formula is C13H12Cl2N4. The van der Waals surface area contributed by atoms with Crippen molar-refractivity contribution in [3.8, 4) is 6.07 Å². The van der Waals surface area contributed by atoms with Crippen molar-refractivity contribution in [2.24, 2.45) is 7.05 Å². The fraction of sp³-hybridized carbons (Fsp3) is 0.231. The van der Waals surface area contributed by atoms with Gasteiger partial charge in [0, 0.05) is 12.7 Å². The second kappa shape index (κ2) is 5.52. The number of hydrogen-bond acceptors (Lipinski definition) is 3. The molecule has 98 valence electrons. The summed E-state index contributed by atoms with van der Waals surface area (Å²) in [5.74, 6) is 0.